The first-order valence-corrected chi connectivity index (χ1v) is 6.72. The maximum absolute atomic E-state index is 2.24. The summed E-state index contributed by atoms with van der Waals surface area (Å²) in [7, 11) is 0. The summed E-state index contributed by atoms with van der Waals surface area (Å²) in [6.45, 7) is 0. The molecule has 0 amide bonds. The van der Waals surface area contributed by atoms with Crippen LogP contribution in [0, 0.1) is 0 Å². The number of fused-ring (bicyclic) bond motifs is 3. The molecule has 4 aromatic rings. The quantitative estimate of drug-likeness (QED) is 0.228. The van der Waals surface area contributed by atoms with Crippen molar-refractivity contribution in [2.75, 3.05) is 0 Å². The Morgan fingerprint density at radius 1 is 0.591 bits per heavy atom. The average molecular weight is 418 g/mol. The molecule has 110 valence electrons. The number of hydrogen-bond acceptors (Lipinski definition) is 0. The van der Waals surface area contributed by atoms with E-state index >= 15 is 0 Å². The lowest BCUT2D eigenvalue weighted by atomic mass is 10.1. The van der Waals surface area contributed by atoms with Gasteiger partial charge in [0.25, 0.3) is 16.7 Å². The average Bonchev–Trinajstić information content (AvgIpc) is 2.55. The van der Waals surface area contributed by atoms with Crippen molar-refractivity contribution < 1.29 is 42.8 Å². The van der Waals surface area contributed by atoms with Gasteiger partial charge in [0, 0.05) is 24.3 Å². The van der Waals surface area contributed by atoms with Gasteiger partial charge in [0.2, 0.25) is 6.20 Å². The highest BCUT2D eigenvalue weighted by atomic mass is 79.9. The van der Waals surface area contributed by atoms with Gasteiger partial charge in [-0.15, -0.1) is 4.40 Å². The number of aromatic nitrogens is 2. The van der Waals surface area contributed by atoms with E-state index in [1.165, 1.54) is 22.3 Å². The maximum atomic E-state index is 2.24. The SMILES string of the molecule is [Br-].[Br-].c1ccc(-c2c[n+]3ccccc3c3cccc[n+]23)cc1. The molecule has 0 atom stereocenters. The van der Waals surface area contributed by atoms with Crippen LogP contribution in [-0.4, -0.2) is 0 Å². The van der Waals surface area contributed by atoms with E-state index in [2.05, 4.69) is 88.1 Å². The third-order valence-electron chi connectivity index (χ3n) is 3.60. The molecule has 4 heteroatoms. The normalized spacial score (nSPS) is 10.0. The fourth-order valence-electron chi connectivity index (χ4n) is 2.66. The molecule has 0 N–H and O–H groups in total. The number of nitrogens with zero attached hydrogens (tertiary/aromatic N) is 2. The molecule has 0 fully saturated rings. The van der Waals surface area contributed by atoms with Crippen LogP contribution >= 0.6 is 0 Å². The van der Waals surface area contributed by atoms with Crippen molar-refractivity contribution in [3.63, 3.8) is 0 Å². The van der Waals surface area contributed by atoms with E-state index < -0.39 is 0 Å². The standard InChI is InChI=1S/C18H14N2.2BrH/c1-2-8-15(9-3-1)18-14-19-12-6-4-10-16(19)17-11-5-7-13-20(17)18;;/h1-14H;2*1H/q+2;;/p-2. The second-order valence-electron chi connectivity index (χ2n) is 4.83. The Bertz CT molecular complexity index is 908. The summed E-state index contributed by atoms with van der Waals surface area (Å²) < 4.78 is 4.42. The summed E-state index contributed by atoms with van der Waals surface area (Å²) in [6.07, 6.45) is 6.39. The van der Waals surface area contributed by atoms with Crippen molar-refractivity contribution in [3.05, 3.63) is 85.3 Å². The first-order valence-electron chi connectivity index (χ1n) is 6.72. The highest BCUT2D eigenvalue weighted by Gasteiger charge is 2.21. The van der Waals surface area contributed by atoms with Gasteiger partial charge in [-0.05, 0) is 24.3 Å². The molecule has 0 radical (unpaired) electrons. The minimum atomic E-state index is 0. The van der Waals surface area contributed by atoms with Crippen molar-refractivity contribution in [2.24, 2.45) is 0 Å². The van der Waals surface area contributed by atoms with E-state index in [1.807, 2.05) is 6.07 Å². The van der Waals surface area contributed by atoms with Crippen molar-refractivity contribution in [1.29, 1.82) is 0 Å². The van der Waals surface area contributed by atoms with Gasteiger partial charge < -0.3 is 34.0 Å². The molecule has 4 rings (SSSR count). The van der Waals surface area contributed by atoms with Gasteiger partial charge in [0.15, 0.2) is 12.4 Å². The van der Waals surface area contributed by atoms with Crippen LogP contribution in [0.15, 0.2) is 85.3 Å². The Kier molecular flexibility index (Phi) is 5.27. The highest BCUT2D eigenvalue weighted by molar-refractivity contribution is 5.68. The number of hydrogen-bond donors (Lipinski definition) is 0. The molecule has 0 saturated heterocycles. The molecule has 0 saturated carbocycles. The Morgan fingerprint density at radius 2 is 1.23 bits per heavy atom. The third kappa shape index (κ3) is 2.76. The Morgan fingerprint density at radius 3 is 2.00 bits per heavy atom. The van der Waals surface area contributed by atoms with Crippen LogP contribution in [0.2, 0.25) is 0 Å². The van der Waals surface area contributed by atoms with Gasteiger partial charge in [-0.3, -0.25) is 0 Å². The van der Waals surface area contributed by atoms with Crippen LogP contribution in [0.3, 0.4) is 0 Å². The molecule has 0 spiro atoms. The lowest BCUT2D eigenvalue weighted by Gasteiger charge is -1.99. The fourth-order valence-corrected chi connectivity index (χ4v) is 2.66. The molecule has 0 unspecified atom stereocenters. The first-order chi connectivity index (χ1) is 9.93. The zero-order valence-electron chi connectivity index (χ0n) is 11.7. The van der Waals surface area contributed by atoms with Crippen molar-refractivity contribution in [2.45, 2.75) is 0 Å². The van der Waals surface area contributed by atoms with Gasteiger partial charge in [0.05, 0.1) is 5.56 Å². The summed E-state index contributed by atoms with van der Waals surface area (Å²) in [6, 6.07) is 23.1. The van der Waals surface area contributed by atoms with Crippen molar-refractivity contribution in [3.8, 4) is 11.3 Å². The lowest BCUT2D eigenvalue weighted by Crippen LogP contribution is -3.00. The third-order valence-corrected chi connectivity index (χ3v) is 3.60. The largest absolute Gasteiger partial charge is 1.00 e. The predicted octanol–water partition coefficient (Wildman–Crippen LogP) is -3.16. The number of halogens is 2. The summed E-state index contributed by atoms with van der Waals surface area (Å²) >= 11 is 0. The van der Waals surface area contributed by atoms with Gasteiger partial charge in [-0.1, -0.05) is 18.2 Å². The summed E-state index contributed by atoms with van der Waals surface area (Å²) in [4.78, 5) is 0. The van der Waals surface area contributed by atoms with Crippen molar-refractivity contribution in [1.82, 2.24) is 0 Å². The monoisotopic (exact) mass is 416 g/mol. The molecule has 0 aliphatic heterocycles. The number of benzene rings is 1. The number of pyridine rings is 2. The predicted molar refractivity (Wildman–Crippen MR) is 78.2 cm³/mol. The van der Waals surface area contributed by atoms with Gasteiger partial charge >= 0.3 is 0 Å². The fraction of sp³-hybridized carbons (Fsp3) is 0. The molecule has 3 heterocycles. The van der Waals surface area contributed by atoms with Crippen LogP contribution in [0.1, 0.15) is 0 Å². The van der Waals surface area contributed by atoms with Gasteiger partial charge in [0.1, 0.15) is 0 Å². The summed E-state index contributed by atoms with van der Waals surface area (Å²) in [5.41, 5.74) is 4.80. The van der Waals surface area contributed by atoms with Gasteiger partial charge in [-0.25, -0.2) is 0 Å². The Hall–Kier alpha value is -1.78. The minimum absolute atomic E-state index is 0. The summed E-state index contributed by atoms with van der Waals surface area (Å²) in [5, 5.41) is 0. The van der Waals surface area contributed by atoms with Crippen LogP contribution in [-0.2, 0) is 0 Å². The Labute approximate surface area is 150 Å². The smallest absolute Gasteiger partial charge is 0.283 e. The molecule has 2 nitrogen and oxygen atoms in total. The molecule has 1 aromatic carbocycles. The van der Waals surface area contributed by atoms with E-state index in [0.29, 0.717) is 0 Å². The summed E-state index contributed by atoms with van der Waals surface area (Å²) in [5.74, 6) is 0. The molecule has 3 aromatic heterocycles. The van der Waals surface area contributed by atoms with E-state index in [4.69, 9.17) is 0 Å². The van der Waals surface area contributed by atoms with Crippen LogP contribution in [0.5, 0.6) is 0 Å². The highest BCUT2D eigenvalue weighted by Crippen LogP contribution is 2.15. The van der Waals surface area contributed by atoms with Gasteiger partial charge in [-0.2, -0.15) is 4.40 Å². The molecular weight excluding hydrogens is 404 g/mol. The van der Waals surface area contributed by atoms with Crippen LogP contribution < -0.4 is 42.8 Å². The van der Waals surface area contributed by atoms with Crippen LogP contribution in [0.25, 0.3) is 22.3 Å². The first kappa shape index (κ1) is 16.6. The molecule has 0 aliphatic rings. The second kappa shape index (κ2) is 6.99. The topological polar surface area (TPSA) is 8.20 Å². The van der Waals surface area contributed by atoms with E-state index in [1.54, 1.807) is 0 Å². The van der Waals surface area contributed by atoms with Crippen molar-refractivity contribution >= 4 is 11.0 Å². The zero-order valence-corrected chi connectivity index (χ0v) is 14.9. The molecular formula is C18H14Br2N2. The number of rotatable bonds is 1. The second-order valence-corrected chi connectivity index (χ2v) is 4.83. The zero-order chi connectivity index (χ0) is 13.4. The Balaban J connectivity index is 0.000000882. The minimum Gasteiger partial charge on any atom is -1.00 e. The lowest BCUT2D eigenvalue weighted by molar-refractivity contribution is -0.556. The maximum Gasteiger partial charge on any atom is 0.283 e. The van der Waals surface area contributed by atoms with Crippen LogP contribution in [0.4, 0.5) is 0 Å². The molecule has 22 heavy (non-hydrogen) atoms. The van der Waals surface area contributed by atoms with E-state index in [9.17, 15) is 0 Å². The molecule has 0 bridgehead atoms. The van der Waals surface area contributed by atoms with E-state index in [0.717, 1.165) is 0 Å². The molecule has 0 aliphatic carbocycles. The van der Waals surface area contributed by atoms with E-state index in [-0.39, 0.29) is 34.0 Å².